The Labute approximate surface area is 227 Å². The number of carbonyl (C=O) groups excluding carboxylic acids is 2. The number of halogens is 2. The topological polar surface area (TPSA) is 69.7 Å². The van der Waals surface area contributed by atoms with Gasteiger partial charge in [-0.3, -0.25) is 9.59 Å². The van der Waals surface area contributed by atoms with Gasteiger partial charge in [-0.1, -0.05) is 65.6 Å². The third kappa shape index (κ3) is 6.58. The van der Waals surface area contributed by atoms with E-state index in [-0.39, 0.29) is 35.6 Å². The van der Waals surface area contributed by atoms with Gasteiger partial charge in [-0.25, -0.2) is 0 Å². The van der Waals surface area contributed by atoms with Gasteiger partial charge in [-0.2, -0.15) is 0 Å². The Kier molecular flexibility index (Phi) is 9.78. The molecular formula is C28H35Cl2NO4S. The molecule has 0 unspecified atom stereocenters. The van der Waals surface area contributed by atoms with Crippen LogP contribution in [0, 0.1) is 5.41 Å². The van der Waals surface area contributed by atoms with Crippen LogP contribution in [0.3, 0.4) is 0 Å². The van der Waals surface area contributed by atoms with E-state index in [9.17, 15) is 14.1 Å². The van der Waals surface area contributed by atoms with Gasteiger partial charge in [0.25, 0.3) is 0 Å². The quantitative estimate of drug-likeness (QED) is 0.261. The molecule has 2 aromatic rings. The molecule has 2 aromatic carbocycles. The molecule has 1 saturated heterocycles. The summed E-state index contributed by atoms with van der Waals surface area (Å²) in [6.07, 6.45) is 1.01. The number of benzene rings is 2. The van der Waals surface area contributed by atoms with Crippen molar-refractivity contribution >= 4 is 46.3 Å². The Morgan fingerprint density at radius 3 is 2.39 bits per heavy atom. The highest BCUT2D eigenvalue weighted by molar-refractivity contribution is 7.91. The number of ether oxygens (including phenoxy) is 1. The fourth-order valence-corrected chi connectivity index (χ4v) is 6.45. The number of hydrogen-bond donors (Lipinski definition) is 0. The maximum atomic E-state index is 14.2. The molecule has 36 heavy (non-hydrogen) atoms. The molecule has 0 aromatic heterocycles. The molecule has 0 N–H and O–H groups in total. The molecule has 1 amide bonds. The first-order chi connectivity index (χ1) is 17.0. The van der Waals surface area contributed by atoms with E-state index < -0.39 is 22.6 Å². The van der Waals surface area contributed by atoms with Crippen LogP contribution in [-0.2, 0) is 25.5 Å². The zero-order valence-corrected chi connectivity index (χ0v) is 23.8. The second-order valence-corrected chi connectivity index (χ2v) is 13.1. The number of nitrogens with zero attached hydrogens (tertiary/aromatic N) is 1. The summed E-state index contributed by atoms with van der Waals surface area (Å²) in [4.78, 5) is 28.5. The summed E-state index contributed by atoms with van der Waals surface area (Å²) in [5.41, 5.74) is 0.984. The molecule has 0 radical (unpaired) electrons. The molecule has 1 heterocycles. The van der Waals surface area contributed by atoms with Gasteiger partial charge in [0.15, 0.2) is 0 Å². The van der Waals surface area contributed by atoms with Gasteiger partial charge in [0.05, 0.1) is 25.0 Å². The van der Waals surface area contributed by atoms with Crippen molar-refractivity contribution in [2.75, 3.05) is 12.9 Å². The Bertz CT molecular complexity index is 1060. The first-order valence-electron chi connectivity index (χ1n) is 12.2. The van der Waals surface area contributed by atoms with Gasteiger partial charge >= 0.3 is 5.97 Å². The first kappa shape index (κ1) is 28.8. The van der Waals surface area contributed by atoms with E-state index in [1.54, 1.807) is 0 Å². The van der Waals surface area contributed by atoms with E-state index in [4.69, 9.17) is 27.9 Å². The highest BCUT2D eigenvalue weighted by Crippen LogP contribution is 2.52. The molecule has 0 aliphatic carbocycles. The second kappa shape index (κ2) is 12.2. The van der Waals surface area contributed by atoms with E-state index >= 15 is 0 Å². The number of carbonyl (C=O) groups is 2. The molecule has 3 rings (SSSR count). The van der Waals surface area contributed by atoms with Gasteiger partial charge < -0.3 is 14.2 Å². The summed E-state index contributed by atoms with van der Waals surface area (Å²) in [5, 5.41) is 1.27. The standard InChI is InChI=1S/C28H35Cl2NO4S/c1-18(2)36(34)14-13-19(3)31-26(20-9-11-22(29)12-10-20)24(21-7-6-8-23(30)15-21)16-28(4,27(31)33)17-25(32)35-5/h6-12,15,18-19,24,26H,13-14,16-17H2,1-5H3/t19-,24+,26+,28+,36-/m0/s1. The molecule has 5 nitrogen and oxygen atoms in total. The van der Waals surface area contributed by atoms with Crippen LogP contribution in [0.25, 0.3) is 0 Å². The van der Waals surface area contributed by atoms with Crippen molar-refractivity contribution in [2.45, 2.75) is 70.2 Å². The van der Waals surface area contributed by atoms with Crippen LogP contribution in [0.2, 0.25) is 10.0 Å². The van der Waals surface area contributed by atoms with Crippen molar-refractivity contribution in [2.24, 2.45) is 5.41 Å². The van der Waals surface area contributed by atoms with Crippen LogP contribution in [0.15, 0.2) is 48.5 Å². The molecule has 5 atom stereocenters. The number of esters is 1. The van der Waals surface area contributed by atoms with Crippen LogP contribution in [0.4, 0.5) is 0 Å². The van der Waals surface area contributed by atoms with Gasteiger partial charge in [-0.15, -0.1) is 0 Å². The molecule has 1 aliphatic rings. The maximum absolute atomic E-state index is 14.2. The zero-order chi connectivity index (χ0) is 26.6. The fourth-order valence-electron chi connectivity index (χ4n) is 5.08. The summed E-state index contributed by atoms with van der Waals surface area (Å²) in [5.74, 6) is -0.163. The number of piperidine rings is 1. The van der Waals surface area contributed by atoms with Gasteiger partial charge in [0, 0.05) is 28.4 Å². The van der Waals surface area contributed by atoms with Crippen molar-refractivity contribution in [1.29, 1.82) is 0 Å². The maximum Gasteiger partial charge on any atom is 0.306 e. The highest BCUT2D eigenvalue weighted by Gasteiger charge is 2.52. The van der Waals surface area contributed by atoms with Gasteiger partial charge in [-0.05, 0) is 62.6 Å². The Morgan fingerprint density at radius 1 is 1.14 bits per heavy atom. The Balaban J connectivity index is 2.13. The highest BCUT2D eigenvalue weighted by atomic mass is 35.5. The monoisotopic (exact) mass is 551 g/mol. The van der Waals surface area contributed by atoms with Crippen LogP contribution in [0.5, 0.6) is 0 Å². The average Bonchev–Trinajstić information content (AvgIpc) is 2.84. The molecule has 8 heteroatoms. The molecule has 1 aliphatic heterocycles. The molecule has 0 spiro atoms. The zero-order valence-electron chi connectivity index (χ0n) is 21.5. The van der Waals surface area contributed by atoms with Crippen molar-refractivity contribution in [3.8, 4) is 0 Å². The minimum Gasteiger partial charge on any atom is -0.616 e. The Hall–Kier alpha value is -1.73. The number of likely N-dealkylation sites (tertiary alicyclic amines) is 1. The first-order valence-corrected chi connectivity index (χ1v) is 14.4. The van der Waals surface area contributed by atoms with E-state index in [1.165, 1.54) is 7.11 Å². The molecule has 0 bridgehead atoms. The summed E-state index contributed by atoms with van der Waals surface area (Å²) in [6, 6.07) is 14.7. The van der Waals surface area contributed by atoms with Crippen molar-refractivity contribution in [3.05, 3.63) is 69.7 Å². The van der Waals surface area contributed by atoms with Crippen LogP contribution in [0.1, 0.15) is 70.0 Å². The molecule has 0 saturated carbocycles. The predicted molar refractivity (Wildman–Crippen MR) is 147 cm³/mol. The Morgan fingerprint density at radius 2 is 1.81 bits per heavy atom. The largest absolute Gasteiger partial charge is 0.616 e. The summed E-state index contributed by atoms with van der Waals surface area (Å²) < 4.78 is 17.5. The van der Waals surface area contributed by atoms with Gasteiger partial charge in [0.2, 0.25) is 5.91 Å². The summed E-state index contributed by atoms with van der Waals surface area (Å²) in [6.45, 7) is 7.71. The fraction of sp³-hybridized carbons (Fsp3) is 0.500. The predicted octanol–water partition coefficient (Wildman–Crippen LogP) is 6.56. The SMILES string of the molecule is COC(=O)C[C@@]1(C)C[C@H](c2cccc(Cl)c2)[C@@H](c2ccc(Cl)cc2)N([C@@H](C)CC[S@+]([O-])C(C)C)C1=O. The van der Waals surface area contributed by atoms with Gasteiger partial charge in [0.1, 0.15) is 11.0 Å². The van der Waals surface area contributed by atoms with Crippen LogP contribution >= 0.6 is 23.2 Å². The molecular weight excluding hydrogens is 517 g/mol. The van der Waals surface area contributed by atoms with E-state index in [1.807, 2.05) is 81.1 Å². The van der Waals surface area contributed by atoms with E-state index in [0.717, 1.165) is 11.1 Å². The normalized spacial score (nSPS) is 24.0. The summed E-state index contributed by atoms with van der Waals surface area (Å²) >= 11 is 11.6. The third-order valence-electron chi connectivity index (χ3n) is 7.09. The average molecular weight is 553 g/mol. The molecule has 1 fully saturated rings. The molecule has 196 valence electrons. The number of amides is 1. The number of rotatable bonds is 9. The lowest BCUT2D eigenvalue weighted by Gasteiger charge is -2.51. The number of hydrogen-bond acceptors (Lipinski definition) is 4. The number of methoxy groups -OCH3 is 1. The van der Waals surface area contributed by atoms with Crippen molar-refractivity contribution in [3.63, 3.8) is 0 Å². The lowest BCUT2D eigenvalue weighted by molar-refractivity contribution is -0.161. The second-order valence-electron chi connectivity index (χ2n) is 10.2. The van der Waals surface area contributed by atoms with Crippen LogP contribution in [-0.4, -0.2) is 45.5 Å². The summed E-state index contributed by atoms with van der Waals surface area (Å²) in [7, 11) is 1.34. The minimum atomic E-state index is -0.991. The van der Waals surface area contributed by atoms with Crippen LogP contribution < -0.4 is 0 Å². The lowest BCUT2D eigenvalue weighted by Crippen LogP contribution is -2.55. The van der Waals surface area contributed by atoms with E-state index in [2.05, 4.69) is 0 Å². The third-order valence-corrected chi connectivity index (χ3v) is 9.27. The van der Waals surface area contributed by atoms with E-state index in [0.29, 0.717) is 28.6 Å². The lowest BCUT2D eigenvalue weighted by atomic mass is 9.67. The minimum absolute atomic E-state index is 0.0200. The smallest absolute Gasteiger partial charge is 0.306 e. The van der Waals surface area contributed by atoms with Crippen molar-refractivity contribution in [1.82, 2.24) is 4.90 Å². The van der Waals surface area contributed by atoms with Crippen molar-refractivity contribution < 1.29 is 18.9 Å².